The van der Waals surface area contributed by atoms with Gasteiger partial charge in [-0.2, -0.15) is 0 Å². The zero-order valence-electron chi connectivity index (χ0n) is 16.0. The molecular weight excluding hydrogens is 392 g/mol. The molecule has 0 bridgehead atoms. The summed E-state index contributed by atoms with van der Waals surface area (Å²) in [6.45, 7) is 2.53. The van der Waals surface area contributed by atoms with Crippen molar-refractivity contribution in [3.05, 3.63) is 59.4 Å². The van der Waals surface area contributed by atoms with Gasteiger partial charge in [0.1, 0.15) is 5.82 Å². The fraction of sp³-hybridized carbons (Fsp3) is 0.300. The van der Waals surface area contributed by atoms with Gasteiger partial charge in [0, 0.05) is 44.3 Å². The fourth-order valence-electron chi connectivity index (χ4n) is 3.79. The lowest BCUT2D eigenvalue weighted by Crippen LogP contribution is -2.47. The first-order valence-corrected chi connectivity index (χ1v) is 9.66. The molecule has 5 rings (SSSR count). The van der Waals surface area contributed by atoms with Crippen molar-refractivity contribution in [1.82, 2.24) is 24.1 Å². The Balaban J connectivity index is 1.33. The third-order valence-corrected chi connectivity index (χ3v) is 5.35. The Morgan fingerprint density at radius 3 is 2.60 bits per heavy atom. The number of piperazine rings is 1. The minimum absolute atomic E-state index is 0.346. The zero-order chi connectivity index (χ0) is 20.7. The second-order valence-electron chi connectivity index (χ2n) is 7.19. The number of halogens is 2. The van der Waals surface area contributed by atoms with Crippen molar-refractivity contribution in [1.29, 1.82) is 0 Å². The minimum atomic E-state index is -2.60. The van der Waals surface area contributed by atoms with E-state index in [9.17, 15) is 13.6 Å². The highest BCUT2D eigenvalue weighted by atomic mass is 19.3. The molecule has 1 aliphatic rings. The van der Waals surface area contributed by atoms with Crippen LogP contribution in [0.25, 0.3) is 16.6 Å². The predicted octanol–water partition coefficient (Wildman–Crippen LogP) is 2.03. The molecule has 154 valence electrons. The highest BCUT2D eigenvalue weighted by Crippen LogP contribution is 2.22. The molecule has 0 saturated carbocycles. The highest BCUT2D eigenvalue weighted by Gasteiger charge is 2.20. The first-order valence-electron chi connectivity index (χ1n) is 9.66. The van der Waals surface area contributed by atoms with Gasteiger partial charge in [0.2, 0.25) is 0 Å². The molecule has 1 aromatic carbocycles. The summed E-state index contributed by atoms with van der Waals surface area (Å²) in [6.07, 6.45) is 2.14. The summed E-state index contributed by atoms with van der Waals surface area (Å²) in [7, 11) is 0. The zero-order valence-corrected chi connectivity index (χ0v) is 16.0. The smallest absolute Gasteiger partial charge is 0.261 e. The summed E-state index contributed by atoms with van der Waals surface area (Å²) in [5, 5.41) is 4.94. The summed E-state index contributed by atoms with van der Waals surface area (Å²) >= 11 is 0. The predicted molar refractivity (Wildman–Crippen MR) is 109 cm³/mol. The molecule has 0 unspecified atom stereocenters. The Labute approximate surface area is 170 Å². The summed E-state index contributed by atoms with van der Waals surface area (Å²) in [5.74, 6) is 0.903. The maximum Gasteiger partial charge on any atom is 0.261 e. The van der Waals surface area contributed by atoms with E-state index in [0.29, 0.717) is 10.9 Å². The highest BCUT2D eigenvalue weighted by molar-refractivity contribution is 5.81. The lowest BCUT2D eigenvalue weighted by molar-refractivity contribution is 0.125. The Bertz CT molecular complexity index is 1260. The molecule has 0 N–H and O–H groups in total. The Hall–Kier alpha value is -3.56. The van der Waals surface area contributed by atoms with E-state index in [1.807, 2.05) is 30.5 Å². The number of nitrogens with zero attached hydrogens (tertiary/aromatic N) is 7. The van der Waals surface area contributed by atoms with Crippen molar-refractivity contribution in [2.75, 3.05) is 36.0 Å². The lowest BCUT2D eigenvalue weighted by atomic mass is 10.2. The van der Waals surface area contributed by atoms with Crippen LogP contribution in [0.4, 0.5) is 20.3 Å². The van der Waals surface area contributed by atoms with Gasteiger partial charge in [-0.1, -0.05) is 0 Å². The van der Waals surface area contributed by atoms with Gasteiger partial charge in [-0.15, -0.1) is 5.10 Å². The molecule has 0 spiro atoms. The van der Waals surface area contributed by atoms with Crippen LogP contribution in [-0.2, 0) is 6.54 Å². The Morgan fingerprint density at radius 1 is 1.00 bits per heavy atom. The average molecular weight is 411 g/mol. The third-order valence-electron chi connectivity index (χ3n) is 5.35. The van der Waals surface area contributed by atoms with E-state index in [4.69, 9.17) is 0 Å². The van der Waals surface area contributed by atoms with E-state index < -0.39 is 18.5 Å². The van der Waals surface area contributed by atoms with E-state index in [-0.39, 0.29) is 0 Å². The molecule has 4 aromatic rings. The molecule has 1 saturated heterocycles. The third kappa shape index (κ3) is 3.34. The van der Waals surface area contributed by atoms with Gasteiger partial charge in [0.05, 0.1) is 23.8 Å². The standard InChI is InChI=1S/C20H19F2N7O/c21-17(22)12-28-13-24-16-11-14(1-2-15(16)20(28)30)26-7-9-27(10-8-26)19-4-3-18-23-5-6-29(18)25-19/h1-6,11,13,17H,7-10,12H2. The van der Waals surface area contributed by atoms with Crippen LogP contribution in [0.5, 0.6) is 0 Å². The fourth-order valence-corrected chi connectivity index (χ4v) is 3.79. The first kappa shape index (κ1) is 18.5. The van der Waals surface area contributed by atoms with Crippen LogP contribution in [0.3, 0.4) is 0 Å². The molecule has 1 aliphatic heterocycles. The minimum Gasteiger partial charge on any atom is -0.368 e. The lowest BCUT2D eigenvalue weighted by Gasteiger charge is -2.36. The number of fused-ring (bicyclic) bond motifs is 2. The molecule has 10 heteroatoms. The van der Waals surface area contributed by atoms with Gasteiger partial charge < -0.3 is 9.80 Å². The molecule has 4 heterocycles. The van der Waals surface area contributed by atoms with Crippen LogP contribution in [0, 0.1) is 0 Å². The Morgan fingerprint density at radius 2 is 1.80 bits per heavy atom. The topological polar surface area (TPSA) is 71.6 Å². The van der Waals surface area contributed by atoms with E-state index in [0.717, 1.165) is 47.9 Å². The Kier molecular flexibility index (Phi) is 4.53. The quantitative estimate of drug-likeness (QED) is 0.512. The van der Waals surface area contributed by atoms with Crippen LogP contribution in [0.2, 0.25) is 0 Å². The van der Waals surface area contributed by atoms with Gasteiger partial charge in [0.15, 0.2) is 5.65 Å². The van der Waals surface area contributed by atoms with Crippen LogP contribution < -0.4 is 15.4 Å². The van der Waals surface area contributed by atoms with E-state index in [1.165, 1.54) is 6.33 Å². The SMILES string of the molecule is O=c1c2ccc(N3CCN(c4ccc5nccn5n4)CC3)cc2ncn1CC(F)F. The van der Waals surface area contributed by atoms with Crippen molar-refractivity contribution in [2.24, 2.45) is 0 Å². The number of anilines is 2. The molecule has 0 radical (unpaired) electrons. The van der Waals surface area contributed by atoms with Crippen LogP contribution >= 0.6 is 0 Å². The number of hydrogen-bond acceptors (Lipinski definition) is 6. The second kappa shape index (κ2) is 7.36. The number of imidazole rings is 1. The van der Waals surface area contributed by atoms with Gasteiger partial charge in [-0.05, 0) is 30.3 Å². The maximum atomic E-state index is 12.6. The second-order valence-corrected chi connectivity index (χ2v) is 7.19. The molecule has 0 atom stereocenters. The number of benzene rings is 1. The van der Waals surface area contributed by atoms with E-state index in [1.54, 1.807) is 16.8 Å². The number of alkyl halides is 2. The van der Waals surface area contributed by atoms with Gasteiger partial charge in [-0.25, -0.2) is 23.3 Å². The van der Waals surface area contributed by atoms with Crippen LogP contribution in [-0.4, -0.2) is 56.8 Å². The monoisotopic (exact) mass is 411 g/mol. The number of rotatable bonds is 4. The molecule has 0 aliphatic carbocycles. The van der Waals surface area contributed by atoms with Crippen molar-refractivity contribution in [2.45, 2.75) is 13.0 Å². The molecule has 1 fully saturated rings. The van der Waals surface area contributed by atoms with Gasteiger partial charge in [-0.3, -0.25) is 9.36 Å². The molecular formula is C20H19F2N7O. The number of aromatic nitrogens is 5. The average Bonchev–Trinajstić information content (AvgIpc) is 3.23. The molecule has 3 aromatic heterocycles. The van der Waals surface area contributed by atoms with Crippen molar-refractivity contribution < 1.29 is 8.78 Å². The number of hydrogen-bond donors (Lipinski definition) is 0. The normalized spacial score (nSPS) is 14.9. The van der Waals surface area contributed by atoms with Gasteiger partial charge >= 0.3 is 0 Å². The first-order chi connectivity index (χ1) is 14.6. The largest absolute Gasteiger partial charge is 0.368 e. The van der Waals surface area contributed by atoms with E-state index in [2.05, 4.69) is 24.9 Å². The summed E-state index contributed by atoms with van der Waals surface area (Å²) in [6, 6.07) is 9.29. The van der Waals surface area contributed by atoms with Gasteiger partial charge in [0.25, 0.3) is 12.0 Å². The summed E-state index contributed by atoms with van der Waals surface area (Å²) < 4.78 is 27.9. The van der Waals surface area contributed by atoms with Crippen molar-refractivity contribution in [3.63, 3.8) is 0 Å². The van der Waals surface area contributed by atoms with Crippen LogP contribution in [0.1, 0.15) is 0 Å². The van der Waals surface area contributed by atoms with E-state index >= 15 is 0 Å². The van der Waals surface area contributed by atoms with Crippen LogP contribution in [0.15, 0.2) is 53.8 Å². The molecule has 8 nitrogen and oxygen atoms in total. The molecule has 0 amide bonds. The maximum absolute atomic E-state index is 12.6. The summed E-state index contributed by atoms with van der Waals surface area (Å²) in [4.78, 5) is 25.2. The molecule has 30 heavy (non-hydrogen) atoms. The van der Waals surface area contributed by atoms with Crippen molar-refractivity contribution >= 4 is 28.1 Å². The summed E-state index contributed by atoms with van der Waals surface area (Å²) in [5.41, 5.74) is 1.84. The van der Waals surface area contributed by atoms with Crippen molar-refractivity contribution in [3.8, 4) is 0 Å².